The molecule has 0 radical (unpaired) electrons. The van der Waals surface area contributed by atoms with Gasteiger partial charge in [0.2, 0.25) is 0 Å². The number of fused-ring (bicyclic) bond motifs is 1. The summed E-state index contributed by atoms with van der Waals surface area (Å²) in [5.41, 5.74) is 0.928. The molecule has 3 nitrogen and oxygen atoms in total. The van der Waals surface area contributed by atoms with E-state index in [0.29, 0.717) is 18.6 Å². The van der Waals surface area contributed by atoms with Gasteiger partial charge in [0.1, 0.15) is 17.6 Å². The standard InChI is InChI=1S/C15H15NO2/c17-12-4-1-5-13(9-12)18-14-7-6-11-3-2-8-16-15(11)10-14/h2-3,6-8,10,13H,1,4-5,9H2. The molecule has 0 bridgehead atoms. The molecule has 1 aromatic heterocycles. The van der Waals surface area contributed by atoms with Crippen LogP contribution in [0.5, 0.6) is 5.75 Å². The second-order valence-electron chi connectivity index (χ2n) is 4.73. The Balaban J connectivity index is 1.79. The Morgan fingerprint density at radius 2 is 2.22 bits per heavy atom. The zero-order chi connectivity index (χ0) is 12.4. The molecule has 0 N–H and O–H groups in total. The number of rotatable bonds is 2. The maximum absolute atomic E-state index is 11.4. The van der Waals surface area contributed by atoms with E-state index in [1.807, 2.05) is 30.3 Å². The molecule has 3 rings (SSSR count). The van der Waals surface area contributed by atoms with E-state index in [-0.39, 0.29) is 6.10 Å². The molecule has 1 saturated carbocycles. The fourth-order valence-corrected chi connectivity index (χ4v) is 2.40. The molecule has 1 aromatic carbocycles. The summed E-state index contributed by atoms with van der Waals surface area (Å²) >= 11 is 0. The van der Waals surface area contributed by atoms with E-state index in [1.54, 1.807) is 6.20 Å². The molecule has 0 aliphatic heterocycles. The Bertz CT molecular complexity index is 579. The first kappa shape index (κ1) is 11.2. The van der Waals surface area contributed by atoms with Gasteiger partial charge in [-0.05, 0) is 31.0 Å². The smallest absolute Gasteiger partial charge is 0.136 e. The van der Waals surface area contributed by atoms with Crippen molar-refractivity contribution < 1.29 is 9.53 Å². The van der Waals surface area contributed by atoms with Crippen LogP contribution in [-0.4, -0.2) is 16.9 Å². The third-order valence-electron chi connectivity index (χ3n) is 3.32. The summed E-state index contributed by atoms with van der Waals surface area (Å²) in [5.74, 6) is 1.12. The number of nitrogens with zero attached hydrogens (tertiary/aromatic N) is 1. The largest absolute Gasteiger partial charge is 0.490 e. The van der Waals surface area contributed by atoms with Gasteiger partial charge in [0, 0.05) is 30.5 Å². The average Bonchev–Trinajstić information content (AvgIpc) is 2.39. The molecular formula is C15H15NO2. The first-order valence-corrected chi connectivity index (χ1v) is 6.34. The third-order valence-corrected chi connectivity index (χ3v) is 3.32. The first-order chi connectivity index (χ1) is 8.81. The predicted octanol–water partition coefficient (Wildman–Crippen LogP) is 3.13. The fraction of sp³-hybridized carbons (Fsp3) is 0.333. The van der Waals surface area contributed by atoms with Crippen molar-refractivity contribution in [2.75, 3.05) is 0 Å². The number of Topliss-reactive ketones (excluding diaryl/α,β-unsaturated/α-hetero) is 1. The minimum atomic E-state index is 0.0346. The summed E-state index contributed by atoms with van der Waals surface area (Å²) in [5, 5.41) is 1.10. The number of hydrogen-bond donors (Lipinski definition) is 0. The van der Waals surface area contributed by atoms with E-state index in [0.717, 1.165) is 29.5 Å². The van der Waals surface area contributed by atoms with Gasteiger partial charge in [0.15, 0.2) is 0 Å². The molecule has 18 heavy (non-hydrogen) atoms. The van der Waals surface area contributed by atoms with Crippen molar-refractivity contribution in [3.8, 4) is 5.75 Å². The highest BCUT2D eigenvalue weighted by Gasteiger charge is 2.20. The summed E-state index contributed by atoms with van der Waals surface area (Å²) in [7, 11) is 0. The van der Waals surface area contributed by atoms with Crippen LogP contribution in [0.15, 0.2) is 36.5 Å². The highest BCUT2D eigenvalue weighted by molar-refractivity contribution is 5.80. The summed E-state index contributed by atoms with van der Waals surface area (Å²) in [6, 6.07) is 9.83. The molecule has 1 aliphatic carbocycles. The minimum absolute atomic E-state index is 0.0346. The lowest BCUT2D eigenvalue weighted by molar-refractivity contribution is -0.122. The molecule has 1 aliphatic rings. The van der Waals surface area contributed by atoms with Crippen LogP contribution < -0.4 is 4.74 Å². The summed E-state index contributed by atoms with van der Waals surface area (Å²) < 4.78 is 5.87. The number of aromatic nitrogens is 1. The number of ether oxygens (including phenoxy) is 1. The molecule has 1 heterocycles. The van der Waals surface area contributed by atoms with Gasteiger partial charge in [0.05, 0.1) is 5.52 Å². The van der Waals surface area contributed by atoms with E-state index in [2.05, 4.69) is 4.98 Å². The second kappa shape index (κ2) is 4.77. The van der Waals surface area contributed by atoms with Crippen molar-refractivity contribution in [3.63, 3.8) is 0 Å². The fourth-order valence-electron chi connectivity index (χ4n) is 2.40. The summed E-state index contributed by atoms with van der Waals surface area (Å²) in [6.07, 6.45) is 4.96. The Hall–Kier alpha value is -1.90. The van der Waals surface area contributed by atoms with Crippen LogP contribution in [0, 0.1) is 0 Å². The molecule has 1 unspecified atom stereocenters. The predicted molar refractivity (Wildman–Crippen MR) is 69.6 cm³/mol. The maximum Gasteiger partial charge on any atom is 0.136 e. The summed E-state index contributed by atoms with van der Waals surface area (Å²) in [4.78, 5) is 15.7. The van der Waals surface area contributed by atoms with Crippen molar-refractivity contribution in [1.29, 1.82) is 0 Å². The van der Waals surface area contributed by atoms with Crippen LogP contribution in [0.2, 0.25) is 0 Å². The van der Waals surface area contributed by atoms with Gasteiger partial charge in [-0.15, -0.1) is 0 Å². The molecule has 0 amide bonds. The Labute approximate surface area is 106 Å². The monoisotopic (exact) mass is 241 g/mol. The van der Waals surface area contributed by atoms with Crippen LogP contribution in [0.25, 0.3) is 10.9 Å². The number of carbonyl (C=O) groups excluding carboxylic acids is 1. The molecule has 3 heteroatoms. The number of pyridine rings is 1. The van der Waals surface area contributed by atoms with Crippen LogP contribution in [0.1, 0.15) is 25.7 Å². The summed E-state index contributed by atoms with van der Waals surface area (Å²) in [6.45, 7) is 0. The van der Waals surface area contributed by atoms with E-state index in [1.165, 1.54) is 0 Å². The minimum Gasteiger partial charge on any atom is -0.490 e. The van der Waals surface area contributed by atoms with Crippen molar-refractivity contribution in [2.24, 2.45) is 0 Å². The van der Waals surface area contributed by atoms with Gasteiger partial charge in [-0.2, -0.15) is 0 Å². The Morgan fingerprint density at radius 1 is 1.28 bits per heavy atom. The highest BCUT2D eigenvalue weighted by Crippen LogP contribution is 2.24. The van der Waals surface area contributed by atoms with Gasteiger partial charge < -0.3 is 4.74 Å². The topological polar surface area (TPSA) is 39.2 Å². The zero-order valence-electron chi connectivity index (χ0n) is 10.1. The van der Waals surface area contributed by atoms with Crippen LogP contribution in [0.4, 0.5) is 0 Å². The Kier molecular flexibility index (Phi) is 2.97. The highest BCUT2D eigenvalue weighted by atomic mass is 16.5. The second-order valence-corrected chi connectivity index (χ2v) is 4.73. The van der Waals surface area contributed by atoms with Crippen molar-refractivity contribution >= 4 is 16.7 Å². The lowest BCUT2D eigenvalue weighted by Gasteiger charge is -2.22. The van der Waals surface area contributed by atoms with Crippen molar-refractivity contribution in [3.05, 3.63) is 36.5 Å². The molecule has 1 atom stereocenters. The van der Waals surface area contributed by atoms with Gasteiger partial charge >= 0.3 is 0 Å². The molecule has 0 spiro atoms. The van der Waals surface area contributed by atoms with E-state index in [4.69, 9.17) is 4.74 Å². The van der Waals surface area contributed by atoms with Crippen LogP contribution >= 0.6 is 0 Å². The third kappa shape index (κ3) is 2.35. The number of carbonyl (C=O) groups is 1. The van der Waals surface area contributed by atoms with Gasteiger partial charge in [-0.1, -0.05) is 6.07 Å². The Morgan fingerprint density at radius 3 is 3.11 bits per heavy atom. The SMILES string of the molecule is O=C1CCCC(Oc2ccc3cccnc3c2)C1. The van der Waals surface area contributed by atoms with Crippen molar-refractivity contribution in [1.82, 2.24) is 4.98 Å². The molecule has 1 fully saturated rings. The number of ketones is 1. The normalized spacial score (nSPS) is 20.0. The number of hydrogen-bond acceptors (Lipinski definition) is 3. The van der Waals surface area contributed by atoms with Gasteiger partial charge in [0.25, 0.3) is 0 Å². The maximum atomic E-state index is 11.4. The molecule has 0 saturated heterocycles. The van der Waals surface area contributed by atoms with E-state index < -0.39 is 0 Å². The lowest BCUT2D eigenvalue weighted by Crippen LogP contribution is -2.25. The first-order valence-electron chi connectivity index (χ1n) is 6.34. The number of benzene rings is 1. The zero-order valence-corrected chi connectivity index (χ0v) is 10.1. The van der Waals surface area contributed by atoms with E-state index in [9.17, 15) is 4.79 Å². The van der Waals surface area contributed by atoms with Crippen molar-refractivity contribution in [2.45, 2.75) is 31.8 Å². The van der Waals surface area contributed by atoms with Gasteiger partial charge in [-0.25, -0.2) is 0 Å². The van der Waals surface area contributed by atoms with Gasteiger partial charge in [-0.3, -0.25) is 9.78 Å². The molecule has 92 valence electrons. The quantitative estimate of drug-likeness (QED) is 0.810. The lowest BCUT2D eigenvalue weighted by atomic mass is 9.96. The molecular weight excluding hydrogens is 226 g/mol. The van der Waals surface area contributed by atoms with E-state index >= 15 is 0 Å². The molecule has 2 aromatic rings. The average molecular weight is 241 g/mol. The van der Waals surface area contributed by atoms with Crippen LogP contribution in [-0.2, 0) is 4.79 Å². The van der Waals surface area contributed by atoms with Crippen LogP contribution in [0.3, 0.4) is 0 Å².